The van der Waals surface area contributed by atoms with Crippen molar-refractivity contribution in [2.75, 3.05) is 0 Å². The molecule has 0 aliphatic carbocycles. The van der Waals surface area contributed by atoms with E-state index in [9.17, 15) is 14.4 Å². The highest BCUT2D eigenvalue weighted by atomic mass is 16.2. The van der Waals surface area contributed by atoms with Crippen LogP contribution in [0.1, 0.15) is 34.6 Å². The van der Waals surface area contributed by atoms with E-state index in [0.29, 0.717) is 11.4 Å². The molecule has 7 heteroatoms. The first-order valence-corrected chi connectivity index (χ1v) is 9.40. The molecule has 146 valence electrons. The number of H-pyrrole nitrogens is 1. The van der Waals surface area contributed by atoms with Gasteiger partial charge in [-0.05, 0) is 23.3 Å². The SMILES string of the molecule is O=C(NCc1ncc(-c2ccccc2)[nH]1)c1ccc(CN2C(=O)CCC2=O)cc1. The second kappa shape index (κ2) is 8.10. The Balaban J connectivity index is 1.34. The number of hydrogen-bond acceptors (Lipinski definition) is 4. The summed E-state index contributed by atoms with van der Waals surface area (Å²) < 4.78 is 0. The number of likely N-dealkylation sites (tertiary alicyclic amines) is 1. The van der Waals surface area contributed by atoms with Gasteiger partial charge in [0.15, 0.2) is 0 Å². The van der Waals surface area contributed by atoms with Crippen molar-refractivity contribution in [3.8, 4) is 11.3 Å². The number of hydrogen-bond donors (Lipinski definition) is 2. The maximum Gasteiger partial charge on any atom is 0.251 e. The number of carbonyl (C=O) groups is 3. The van der Waals surface area contributed by atoms with Crippen molar-refractivity contribution in [2.24, 2.45) is 0 Å². The van der Waals surface area contributed by atoms with Crippen molar-refractivity contribution in [3.63, 3.8) is 0 Å². The Hall–Kier alpha value is -3.74. The van der Waals surface area contributed by atoms with Crippen molar-refractivity contribution in [3.05, 3.63) is 77.7 Å². The number of aromatic nitrogens is 2. The van der Waals surface area contributed by atoms with E-state index >= 15 is 0 Å². The van der Waals surface area contributed by atoms with Gasteiger partial charge >= 0.3 is 0 Å². The molecule has 1 fully saturated rings. The number of amides is 3. The van der Waals surface area contributed by atoms with Crippen LogP contribution in [0.2, 0.25) is 0 Å². The lowest BCUT2D eigenvalue weighted by atomic mass is 10.1. The summed E-state index contributed by atoms with van der Waals surface area (Å²) in [6.45, 7) is 0.526. The molecule has 0 radical (unpaired) electrons. The normalized spacial score (nSPS) is 13.7. The Kier molecular flexibility index (Phi) is 5.20. The second-order valence-electron chi connectivity index (χ2n) is 6.86. The van der Waals surface area contributed by atoms with Crippen LogP contribution in [0.4, 0.5) is 0 Å². The zero-order valence-electron chi connectivity index (χ0n) is 15.7. The van der Waals surface area contributed by atoms with E-state index in [-0.39, 0.29) is 43.7 Å². The number of imide groups is 1. The fraction of sp³-hybridized carbons (Fsp3) is 0.182. The van der Waals surface area contributed by atoms with Crippen LogP contribution in [0.3, 0.4) is 0 Å². The quantitative estimate of drug-likeness (QED) is 0.635. The van der Waals surface area contributed by atoms with Crippen LogP contribution in [0.5, 0.6) is 0 Å². The number of aromatic amines is 1. The highest BCUT2D eigenvalue weighted by Gasteiger charge is 2.28. The molecule has 0 spiro atoms. The Bertz CT molecular complexity index is 1030. The average molecular weight is 388 g/mol. The van der Waals surface area contributed by atoms with Crippen molar-refractivity contribution in [1.82, 2.24) is 20.2 Å². The standard InChI is InChI=1S/C22H20N4O3/c27-20-10-11-21(28)26(20)14-15-6-8-17(9-7-15)22(29)24-13-19-23-12-18(25-19)16-4-2-1-3-5-16/h1-9,12H,10-11,13-14H2,(H,23,25)(H,24,29). The van der Waals surface area contributed by atoms with Crippen LogP contribution >= 0.6 is 0 Å². The highest BCUT2D eigenvalue weighted by Crippen LogP contribution is 2.17. The lowest BCUT2D eigenvalue weighted by molar-refractivity contribution is -0.139. The van der Waals surface area contributed by atoms with Gasteiger partial charge in [-0.1, -0.05) is 42.5 Å². The second-order valence-corrected chi connectivity index (χ2v) is 6.86. The lowest BCUT2D eigenvalue weighted by Gasteiger charge is -2.13. The number of rotatable bonds is 6. The van der Waals surface area contributed by atoms with Crippen molar-refractivity contribution in [2.45, 2.75) is 25.9 Å². The van der Waals surface area contributed by atoms with Gasteiger partial charge in [-0.25, -0.2) is 4.98 Å². The lowest BCUT2D eigenvalue weighted by Crippen LogP contribution is -2.28. The molecule has 1 aliphatic heterocycles. The first-order chi connectivity index (χ1) is 14.1. The fourth-order valence-corrected chi connectivity index (χ4v) is 3.23. The molecule has 29 heavy (non-hydrogen) atoms. The van der Waals surface area contributed by atoms with Crippen LogP contribution < -0.4 is 5.32 Å². The monoisotopic (exact) mass is 388 g/mol. The van der Waals surface area contributed by atoms with Gasteiger partial charge in [0.25, 0.3) is 5.91 Å². The molecule has 3 amide bonds. The van der Waals surface area contributed by atoms with E-state index in [0.717, 1.165) is 16.8 Å². The van der Waals surface area contributed by atoms with E-state index in [1.165, 1.54) is 4.90 Å². The topological polar surface area (TPSA) is 95.2 Å². The molecule has 0 atom stereocenters. The Morgan fingerprint density at radius 1 is 1.00 bits per heavy atom. The minimum atomic E-state index is -0.220. The molecule has 2 aromatic carbocycles. The zero-order chi connectivity index (χ0) is 20.2. The molecule has 7 nitrogen and oxygen atoms in total. The van der Waals surface area contributed by atoms with Crippen molar-refractivity contribution in [1.29, 1.82) is 0 Å². The molecule has 1 saturated heterocycles. The maximum atomic E-state index is 12.4. The molecule has 4 rings (SSSR count). The van der Waals surface area contributed by atoms with Gasteiger partial charge in [-0.3, -0.25) is 19.3 Å². The first kappa shape index (κ1) is 18.6. The predicted molar refractivity (Wildman–Crippen MR) is 106 cm³/mol. The van der Waals surface area contributed by atoms with Gasteiger partial charge < -0.3 is 10.3 Å². The number of imidazole rings is 1. The summed E-state index contributed by atoms with van der Waals surface area (Å²) in [6.07, 6.45) is 2.29. The van der Waals surface area contributed by atoms with E-state index in [1.807, 2.05) is 30.3 Å². The summed E-state index contributed by atoms with van der Waals surface area (Å²) in [6, 6.07) is 16.7. The summed E-state index contributed by atoms with van der Waals surface area (Å²) >= 11 is 0. The first-order valence-electron chi connectivity index (χ1n) is 9.40. The number of benzene rings is 2. The third kappa shape index (κ3) is 4.24. The van der Waals surface area contributed by atoms with Gasteiger partial charge in [0.2, 0.25) is 11.8 Å². The fourth-order valence-electron chi connectivity index (χ4n) is 3.23. The summed E-state index contributed by atoms with van der Waals surface area (Å²) in [7, 11) is 0. The van der Waals surface area contributed by atoms with E-state index in [2.05, 4.69) is 15.3 Å². The summed E-state index contributed by atoms with van der Waals surface area (Å²) in [5.74, 6) is 0.151. The maximum absolute atomic E-state index is 12.4. The molecule has 1 aromatic heterocycles. The van der Waals surface area contributed by atoms with Gasteiger partial charge in [-0.2, -0.15) is 0 Å². The van der Waals surface area contributed by atoms with Gasteiger partial charge in [-0.15, -0.1) is 0 Å². The van der Waals surface area contributed by atoms with Crippen LogP contribution in [0.25, 0.3) is 11.3 Å². The van der Waals surface area contributed by atoms with E-state index in [1.54, 1.807) is 30.5 Å². The predicted octanol–water partition coefficient (Wildman–Crippen LogP) is 2.66. The minimum absolute atomic E-state index is 0.148. The van der Waals surface area contributed by atoms with Crippen LogP contribution in [-0.4, -0.2) is 32.6 Å². The number of carbonyl (C=O) groups excluding carboxylic acids is 3. The smallest absolute Gasteiger partial charge is 0.251 e. The van der Waals surface area contributed by atoms with Crippen LogP contribution in [0.15, 0.2) is 60.8 Å². The molecular formula is C22H20N4O3. The Morgan fingerprint density at radius 3 is 2.38 bits per heavy atom. The minimum Gasteiger partial charge on any atom is -0.345 e. The summed E-state index contributed by atoms with van der Waals surface area (Å²) in [4.78, 5) is 44.6. The molecule has 2 heterocycles. The van der Waals surface area contributed by atoms with Gasteiger partial charge in [0.05, 0.1) is 25.0 Å². The van der Waals surface area contributed by atoms with E-state index in [4.69, 9.17) is 0 Å². The molecule has 3 aromatic rings. The molecule has 0 bridgehead atoms. The van der Waals surface area contributed by atoms with Crippen molar-refractivity contribution < 1.29 is 14.4 Å². The van der Waals surface area contributed by atoms with Crippen LogP contribution in [-0.2, 0) is 22.7 Å². The van der Waals surface area contributed by atoms with Crippen LogP contribution in [0, 0.1) is 0 Å². The largest absolute Gasteiger partial charge is 0.345 e. The molecular weight excluding hydrogens is 368 g/mol. The Labute approximate surface area is 167 Å². The van der Waals surface area contributed by atoms with Gasteiger partial charge in [0, 0.05) is 18.4 Å². The summed E-state index contributed by atoms with van der Waals surface area (Å²) in [5, 5.41) is 2.84. The third-order valence-electron chi connectivity index (χ3n) is 4.84. The molecule has 2 N–H and O–H groups in total. The third-order valence-corrected chi connectivity index (χ3v) is 4.84. The van der Waals surface area contributed by atoms with Gasteiger partial charge in [0.1, 0.15) is 5.82 Å². The number of nitrogens with one attached hydrogen (secondary N) is 2. The van der Waals surface area contributed by atoms with E-state index < -0.39 is 0 Å². The average Bonchev–Trinajstić information content (AvgIpc) is 3.35. The zero-order valence-corrected chi connectivity index (χ0v) is 15.7. The van der Waals surface area contributed by atoms with Crippen molar-refractivity contribution >= 4 is 17.7 Å². The number of nitrogens with zero attached hydrogens (tertiary/aromatic N) is 2. The molecule has 0 saturated carbocycles. The molecule has 1 aliphatic rings. The summed E-state index contributed by atoms with van der Waals surface area (Å²) in [5.41, 5.74) is 3.24. The molecule has 0 unspecified atom stereocenters. The Morgan fingerprint density at radius 2 is 1.69 bits per heavy atom. The highest BCUT2D eigenvalue weighted by molar-refractivity contribution is 6.01.